The topological polar surface area (TPSA) is 75.7 Å². The Hall–Kier alpha value is -0.620. The molecule has 72 valence electrons. The van der Waals surface area contributed by atoms with Crippen molar-refractivity contribution >= 4 is 29.1 Å². The summed E-state index contributed by atoms with van der Waals surface area (Å²) >= 11 is 3.00. The first-order valence-corrected chi connectivity index (χ1v) is 5.62. The molecule has 4 nitrogen and oxygen atoms in total. The van der Waals surface area contributed by atoms with Gasteiger partial charge in [0.1, 0.15) is 5.82 Å². The van der Waals surface area contributed by atoms with E-state index >= 15 is 0 Å². The molecular formula is C7H12N4S2. The minimum Gasteiger partial charge on any atom is -0.387 e. The molecule has 1 rings (SSSR count). The minimum absolute atomic E-state index is 0.106. The van der Waals surface area contributed by atoms with Crippen molar-refractivity contribution in [3.8, 4) is 0 Å². The number of aromatic nitrogens is 2. The Kier molecular flexibility index (Phi) is 3.68. The largest absolute Gasteiger partial charge is 0.387 e. The first-order valence-electron chi connectivity index (χ1n) is 3.86. The summed E-state index contributed by atoms with van der Waals surface area (Å²) in [5.74, 6) is 1.94. The van der Waals surface area contributed by atoms with Gasteiger partial charge in [0.15, 0.2) is 4.34 Å². The molecule has 3 N–H and O–H groups in total. The average molecular weight is 216 g/mol. The highest BCUT2D eigenvalue weighted by Crippen LogP contribution is 2.22. The van der Waals surface area contributed by atoms with Crippen LogP contribution in [0.5, 0.6) is 0 Å². The van der Waals surface area contributed by atoms with Crippen LogP contribution in [0.2, 0.25) is 0 Å². The van der Waals surface area contributed by atoms with Gasteiger partial charge in [0, 0.05) is 11.7 Å². The molecule has 0 amide bonds. The van der Waals surface area contributed by atoms with Crippen molar-refractivity contribution in [3.63, 3.8) is 0 Å². The number of nitrogens with zero attached hydrogens (tertiary/aromatic N) is 2. The first-order chi connectivity index (χ1) is 6.09. The molecule has 0 aliphatic carbocycles. The number of nitrogens with one attached hydrogen (secondary N) is 1. The molecule has 0 aliphatic rings. The van der Waals surface area contributed by atoms with Crippen molar-refractivity contribution in [1.82, 2.24) is 9.36 Å². The van der Waals surface area contributed by atoms with Crippen LogP contribution in [-0.2, 0) is 0 Å². The van der Waals surface area contributed by atoms with Gasteiger partial charge in [0.25, 0.3) is 0 Å². The predicted molar refractivity (Wildman–Crippen MR) is 56.4 cm³/mol. The molecule has 1 heterocycles. The Morgan fingerprint density at radius 2 is 2.46 bits per heavy atom. The van der Waals surface area contributed by atoms with Crippen molar-refractivity contribution < 1.29 is 0 Å². The van der Waals surface area contributed by atoms with E-state index in [-0.39, 0.29) is 11.8 Å². The maximum atomic E-state index is 7.20. The maximum Gasteiger partial charge on any atom is 0.170 e. The van der Waals surface area contributed by atoms with Crippen LogP contribution in [0.25, 0.3) is 0 Å². The van der Waals surface area contributed by atoms with Gasteiger partial charge in [-0.2, -0.15) is 4.37 Å². The zero-order valence-corrected chi connectivity index (χ0v) is 9.21. The molecule has 1 aromatic heterocycles. The van der Waals surface area contributed by atoms with Crippen LogP contribution in [0.1, 0.15) is 12.7 Å². The van der Waals surface area contributed by atoms with Crippen molar-refractivity contribution in [2.24, 2.45) is 11.7 Å². The quantitative estimate of drug-likeness (QED) is 0.454. The van der Waals surface area contributed by atoms with Gasteiger partial charge in [-0.3, -0.25) is 5.41 Å². The number of hydrogen-bond donors (Lipinski definition) is 2. The highest BCUT2D eigenvalue weighted by Gasteiger charge is 2.07. The van der Waals surface area contributed by atoms with Gasteiger partial charge in [-0.25, -0.2) is 4.98 Å². The Balaban J connectivity index is 2.39. The molecule has 0 bridgehead atoms. The molecule has 6 heteroatoms. The number of rotatable bonds is 4. The van der Waals surface area contributed by atoms with Crippen LogP contribution in [0.3, 0.4) is 0 Å². The molecule has 0 aromatic carbocycles. The summed E-state index contributed by atoms with van der Waals surface area (Å²) in [7, 11) is 0. The van der Waals surface area contributed by atoms with Crippen LogP contribution >= 0.6 is 23.3 Å². The summed E-state index contributed by atoms with van der Waals surface area (Å²) in [5.41, 5.74) is 5.34. The van der Waals surface area contributed by atoms with Crippen molar-refractivity contribution in [1.29, 1.82) is 5.41 Å². The van der Waals surface area contributed by atoms with Crippen molar-refractivity contribution in [2.45, 2.75) is 18.2 Å². The molecule has 1 unspecified atom stereocenters. The highest BCUT2D eigenvalue weighted by molar-refractivity contribution is 8.00. The fourth-order valence-corrected chi connectivity index (χ4v) is 2.34. The SMILES string of the molecule is Cc1nsc(SCC(C)C(=N)N)n1. The monoisotopic (exact) mass is 216 g/mol. The lowest BCUT2D eigenvalue weighted by Gasteiger charge is -2.05. The van der Waals surface area contributed by atoms with E-state index in [0.717, 1.165) is 15.9 Å². The van der Waals surface area contributed by atoms with E-state index < -0.39 is 0 Å². The van der Waals surface area contributed by atoms with Crippen molar-refractivity contribution in [3.05, 3.63) is 5.82 Å². The molecule has 0 aliphatic heterocycles. The Morgan fingerprint density at radius 1 is 1.77 bits per heavy atom. The number of aryl methyl sites for hydroxylation is 1. The van der Waals surface area contributed by atoms with E-state index in [0.29, 0.717) is 0 Å². The van der Waals surface area contributed by atoms with Crippen molar-refractivity contribution in [2.75, 3.05) is 5.75 Å². The number of nitrogens with two attached hydrogens (primary N) is 1. The van der Waals surface area contributed by atoms with Crippen LogP contribution in [0.15, 0.2) is 4.34 Å². The Labute approximate surface area is 85.6 Å². The number of amidine groups is 1. The van der Waals surface area contributed by atoms with Crippen LogP contribution in [0.4, 0.5) is 0 Å². The lowest BCUT2D eigenvalue weighted by molar-refractivity contribution is 0.878. The second kappa shape index (κ2) is 4.57. The third-order valence-corrected chi connectivity index (χ3v) is 3.68. The number of thioether (sulfide) groups is 1. The second-order valence-corrected chi connectivity index (χ2v) is 4.79. The fourth-order valence-electron chi connectivity index (χ4n) is 0.623. The van der Waals surface area contributed by atoms with Crippen LogP contribution in [0, 0.1) is 18.3 Å². The standard InChI is InChI=1S/C7H12N4S2/c1-4(6(8)9)3-12-7-10-5(2)11-13-7/h4H,3H2,1-2H3,(H3,8,9). The van der Waals surface area contributed by atoms with Gasteiger partial charge < -0.3 is 5.73 Å². The third kappa shape index (κ3) is 3.31. The molecule has 0 spiro atoms. The maximum absolute atomic E-state index is 7.20. The van der Waals surface area contributed by atoms with E-state index in [1.54, 1.807) is 11.8 Å². The van der Waals surface area contributed by atoms with Gasteiger partial charge in [0.05, 0.1) is 5.84 Å². The molecule has 0 radical (unpaired) electrons. The first kappa shape index (κ1) is 10.5. The van der Waals surface area contributed by atoms with Gasteiger partial charge in [-0.1, -0.05) is 18.7 Å². The third-order valence-electron chi connectivity index (χ3n) is 1.50. The molecule has 1 atom stereocenters. The lowest BCUT2D eigenvalue weighted by Crippen LogP contribution is -2.21. The van der Waals surface area contributed by atoms with E-state index in [9.17, 15) is 0 Å². The molecule has 0 saturated heterocycles. The van der Waals surface area contributed by atoms with E-state index in [4.69, 9.17) is 11.1 Å². The smallest absolute Gasteiger partial charge is 0.170 e. The van der Waals surface area contributed by atoms with Gasteiger partial charge in [-0.05, 0) is 18.5 Å². The summed E-state index contributed by atoms with van der Waals surface area (Å²) in [6.07, 6.45) is 0. The van der Waals surface area contributed by atoms with Crippen LogP contribution < -0.4 is 5.73 Å². The normalized spacial score (nSPS) is 12.8. The van der Waals surface area contributed by atoms with E-state index in [1.165, 1.54) is 11.5 Å². The molecule has 13 heavy (non-hydrogen) atoms. The summed E-state index contributed by atoms with van der Waals surface area (Å²) in [5, 5.41) is 7.20. The fraction of sp³-hybridized carbons (Fsp3) is 0.571. The zero-order valence-electron chi connectivity index (χ0n) is 7.57. The molecular weight excluding hydrogens is 204 g/mol. The molecule has 1 aromatic rings. The minimum atomic E-state index is 0.106. The molecule has 0 saturated carbocycles. The van der Waals surface area contributed by atoms with E-state index in [1.807, 2.05) is 13.8 Å². The lowest BCUT2D eigenvalue weighted by atomic mass is 10.2. The molecule has 0 fully saturated rings. The zero-order chi connectivity index (χ0) is 9.84. The second-order valence-electron chi connectivity index (χ2n) is 2.77. The Morgan fingerprint density at radius 3 is 2.92 bits per heavy atom. The summed E-state index contributed by atoms with van der Waals surface area (Å²) in [6.45, 7) is 3.80. The number of hydrogen-bond acceptors (Lipinski definition) is 5. The average Bonchev–Trinajstić information content (AvgIpc) is 2.47. The van der Waals surface area contributed by atoms with E-state index in [2.05, 4.69) is 9.36 Å². The predicted octanol–water partition coefficient (Wildman–Crippen LogP) is 1.51. The Bertz CT molecular complexity index is 296. The van der Waals surface area contributed by atoms with Gasteiger partial charge in [0.2, 0.25) is 0 Å². The van der Waals surface area contributed by atoms with Gasteiger partial charge in [-0.15, -0.1) is 0 Å². The summed E-state index contributed by atoms with van der Waals surface area (Å²) in [4.78, 5) is 4.20. The van der Waals surface area contributed by atoms with Gasteiger partial charge >= 0.3 is 0 Å². The summed E-state index contributed by atoms with van der Waals surface area (Å²) in [6, 6.07) is 0. The highest BCUT2D eigenvalue weighted by atomic mass is 32.2. The summed E-state index contributed by atoms with van der Waals surface area (Å²) < 4.78 is 5.01. The van der Waals surface area contributed by atoms with Crippen LogP contribution in [-0.4, -0.2) is 20.9 Å².